The molecule has 1 aliphatic rings. The molecule has 0 saturated carbocycles. The Morgan fingerprint density at radius 3 is 1.52 bits per heavy atom. The number of Topliss-reactive ketones (excluding diaryl/α,β-unsaturated/α-hetero) is 1. The van der Waals surface area contributed by atoms with Crippen molar-refractivity contribution in [3.05, 3.63) is 69.7 Å². The van der Waals surface area contributed by atoms with E-state index >= 15 is 0 Å². The van der Waals surface area contributed by atoms with Crippen LogP contribution in [0.2, 0.25) is 10.0 Å². The number of piperidine rings is 1. The first-order valence-corrected chi connectivity index (χ1v) is 7.66. The molecule has 0 aliphatic carbocycles. The molecule has 1 aliphatic heterocycles. The average molecular weight is 320 g/mol. The Bertz CT molecular complexity index is 581. The highest BCUT2D eigenvalue weighted by molar-refractivity contribution is 6.30. The summed E-state index contributed by atoms with van der Waals surface area (Å²) in [5, 5.41) is 4.96. The molecule has 1 saturated heterocycles. The molecule has 1 heterocycles. The van der Waals surface area contributed by atoms with Crippen LogP contribution in [0.25, 0.3) is 0 Å². The molecular weight excluding hydrogens is 305 g/mol. The van der Waals surface area contributed by atoms with Gasteiger partial charge in [-0.1, -0.05) is 47.5 Å². The second-order valence-corrected chi connectivity index (χ2v) is 6.19. The maximum absolute atomic E-state index is 12.1. The highest BCUT2D eigenvalue weighted by Crippen LogP contribution is 2.31. The van der Waals surface area contributed by atoms with Crippen molar-refractivity contribution in [2.45, 2.75) is 24.9 Å². The topological polar surface area (TPSA) is 29.1 Å². The van der Waals surface area contributed by atoms with Gasteiger partial charge < -0.3 is 5.32 Å². The lowest BCUT2D eigenvalue weighted by Crippen LogP contribution is -2.35. The van der Waals surface area contributed by atoms with Gasteiger partial charge in [0.15, 0.2) is 0 Å². The SMILES string of the molecule is O=C1C[C@H](c2ccc(Cl)cc2)N[C@@H](c2ccc(Cl)cc2)C1. The van der Waals surface area contributed by atoms with E-state index in [0.29, 0.717) is 22.9 Å². The fourth-order valence-corrected chi connectivity index (χ4v) is 2.97. The van der Waals surface area contributed by atoms with Crippen molar-refractivity contribution in [1.29, 1.82) is 0 Å². The van der Waals surface area contributed by atoms with E-state index in [1.54, 1.807) is 0 Å². The van der Waals surface area contributed by atoms with Crippen molar-refractivity contribution in [3.63, 3.8) is 0 Å². The third-order valence-corrected chi connectivity index (χ3v) is 4.31. The van der Waals surface area contributed by atoms with Crippen LogP contribution in [0.1, 0.15) is 36.1 Å². The van der Waals surface area contributed by atoms with Gasteiger partial charge in [-0.2, -0.15) is 0 Å². The Balaban J connectivity index is 1.82. The summed E-state index contributed by atoms with van der Waals surface area (Å²) in [6, 6.07) is 15.4. The normalized spacial score (nSPS) is 22.3. The molecule has 0 spiro atoms. The zero-order valence-electron chi connectivity index (χ0n) is 11.4. The monoisotopic (exact) mass is 319 g/mol. The van der Waals surface area contributed by atoms with E-state index in [-0.39, 0.29) is 17.9 Å². The van der Waals surface area contributed by atoms with Gasteiger partial charge in [-0.25, -0.2) is 0 Å². The van der Waals surface area contributed by atoms with Gasteiger partial charge in [0.25, 0.3) is 0 Å². The molecule has 0 amide bonds. The number of hydrogen-bond acceptors (Lipinski definition) is 2. The van der Waals surface area contributed by atoms with Crippen LogP contribution in [0.5, 0.6) is 0 Å². The van der Waals surface area contributed by atoms with Crippen LogP contribution in [0.4, 0.5) is 0 Å². The first-order chi connectivity index (χ1) is 10.1. The summed E-state index contributed by atoms with van der Waals surface area (Å²) >= 11 is 11.8. The Hall–Kier alpha value is -1.35. The van der Waals surface area contributed by atoms with Crippen LogP contribution in [0.15, 0.2) is 48.5 Å². The highest BCUT2D eigenvalue weighted by atomic mass is 35.5. The summed E-state index contributed by atoms with van der Waals surface area (Å²) in [5.41, 5.74) is 2.18. The molecule has 0 radical (unpaired) electrons. The zero-order valence-corrected chi connectivity index (χ0v) is 12.9. The van der Waals surface area contributed by atoms with Gasteiger partial charge in [0, 0.05) is 35.0 Å². The van der Waals surface area contributed by atoms with Gasteiger partial charge in [-0.15, -0.1) is 0 Å². The number of nitrogens with one attached hydrogen (secondary N) is 1. The second kappa shape index (κ2) is 6.18. The first kappa shape index (κ1) is 14.6. The van der Waals surface area contributed by atoms with Crippen LogP contribution >= 0.6 is 23.2 Å². The van der Waals surface area contributed by atoms with Gasteiger partial charge in [-0.3, -0.25) is 4.79 Å². The molecule has 1 N–H and O–H groups in total. The Kier molecular flexibility index (Phi) is 4.29. The molecular formula is C17H15Cl2NO. The standard InChI is InChI=1S/C17H15Cl2NO/c18-13-5-1-11(2-6-13)16-9-15(21)10-17(20-16)12-3-7-14(19)8-4-12/h1-8,16-17,20H,9-10H2/t16-,17-/m1/s1. The van der Waals surface area contributed by atoms with Gasteiger partial charge in [0.2, 0.25) is 0 Å². The molecule has 3 rings (SSSR count). The van der Waals surface area contributed by atoms with E-state index in [2.05, 4.69) is 5.32 Å². The van der Waals surface area contributed by atoms with Crippen LogP contribution in [0.3, 0.4) is 0 Å². The lowest BCUT2D eigenvalue weighted by molar-refractivity contribution is -0.121. The minimum Gasteiger partial charge on any atom is -0.302 e. The maximum atomic E-state index is 12.1. The second-order valence-electron chi connectivity index (χ2n) is 5.32. The summed E-state index contributed by atoms with van der Waals surface area (Å²) in [7, 11) is 0. The zero-order chi connectivity index (χ0) is 14.8. The molecule has 2 atom stereocenters. The molecule has 108 valence electrons. The van der Waals surface area contributed by atoms with Crippen LogP contribution in [-0.4, -0.2) is 5.78 Å². The predicted octanol–water partition coefficient (Wildman–Crippen LogP) is 4.73. The number of rotatable bonds is 2. The fourth-order valence-electron chi connectivity index (χ4n) is 2.72. The smallest absolute Gasteiger partial charge is 0.136 e. The van der Waals surface area contributed by atoms with Crippen molar-refractivity contribution in [2.75, 3.05) is 0 Å². The number of carbonyl (C=O) groups is 1. The van der Waals surface area contributed by atoms with Crippen molar-refractivity contribution >= 4 is 29.0 Å². The predicted molar refractivity (Wildman–Crippen MR) is 85.8 cm³/mol. The van der Waals surface area contributed by atoms with Gasteiger partial charge in [0.05, 0.1) is 0 Å². The summed E-state index contributed by atoms with van der Waals surface area (Å²) < 4.78 is 0. The Labute approximate surface area is 134 Å². The fraction of sp³-hybridized carbons (Fsp3) is 0.235. The van der Waals surface area contributed by atoms with Gasteiger partial charge >= 0.3 is 0 Å². The van der Waals surface area contributed by atoms with Crippen molar-refractivity contribution in [1.82, 2.24) is 5.32 Å². The molecule has 4 heteroatoms. The molecule has 2 aromatic carbocycles. The summed E-state index contributed by atoms with van der Waals surface area (Å²) in [4.78, 5) is 12.1. The molecule has 0 unspecified atom stereocenters. The summed E-state index contributed by atoms with van der Waals surface area (Å²) in [5.74, 6) is 0.272. The first-order valence-electron chi connectivity index (χ1n) is 6.90. The van der Waals surface area contributed by atoms with Crippen LogP contribution in [-0.2, 0) is 4.79 Å². The van der Waals surface area contributed by atoms with Crippen molar-refractivity contribution < 1.29 is 4.79 Å². The van der Waals surface area contributed by atoms with E-state index in [1.165, 1.54) is 0 Å². The quantitative estimate of drug-likeness (QED) is 0.867. The van der Waals surface area contributed by atoms with E-state index in [9.17, 15) is 4.79 Å². The maximum Gasteiger partial charge on any atom is 0.136 e. The van der Waals surface area contributed by atoms with Crippen molar-refractivity contribution in [2.24, 2.45) is 0 Å². The largest absolute Gasteiger partial charge is 0.302 e. The summed E-state index contributed by atoms with van der Waals surface area (Å²) in [6.45, 7) is 0. The molecule has 0 aromatic heterocycles. The highest BCUT2D eigenvalue weighted by Gasteiger charge is 2.28. The lowest BCUT2D eigenvalue weighted by atomic mass is 9.89. The molecule has 0 bridgehead atoms. The molecule has 1 fully saturated rings. The third-order valence-electron chi connectivity index (χ3n) is 3.81. The third kappa shape index (κ3) is 3.46. The minimum atomic E-state index is 0.0317. The number of carbonyl (C=O) groups excluding carboxylic acids is 1. The Morgan fingerprint density at radius 2 is 1.14 bits per heavy atom. The molecule has 21 heavy (non-hydrogen) atoms. The molecule has 2 aromatic rings. The number of ketones is 1. The van der Waals surface area contributed by atoms with Gasteiger partial charge in [0.1, 0.15) is 5.78 Å². The van der Waals surface area contributed by atoms with E-state index in [1.807, 2.05) is 48.5 Å². The van der Waals surface area contributed by atoms with Gasteiger partial charge in [-0.05, 0) is 35.4 Å². The van der Waals surface area contributed by atoms with E-state index in [0.717, 1.165) is 11.1 Å². The van der Waals surface area contributed by atoms with Crippen LogP contribution < -0.4 is 5.32 Å². The summed E-state index contributed by atoms with van der Waals surface area (Å²) in [6.07, 6.45) is 1.04. The van der Waals surface area contributed by atoms with E-state index in [4.69, 9.17) is 23.2 Å². The number of halogens is 2. The number of hydrogen-bond donors (Lipinski definition) is 1. The average Bonchev–Trinajstić information content (AvgIpc) is 2.48. The lowest BCUT2D eigenvalue weighted by Gasteiger charge is -2.31. The van der Waals surface area contributed by atoms with E-state index < -0.39 is 0 Å². The number of benzene rings is 2. The molecule has 2 nitrogen and oxygen atoms in total. The van der Waals surface area contributed by atoms with Crippen molar-refractivity contribution in [3.8, 4) is 0 Å². The van der Waals surface area contributed by atoms with Crippen LogP contribution in [0, 0.1) is 0 Å². The Morgan fingerprint density at radius 1 is 0.762 bits per heavy atom. The minimum absolute atomic E-state index is 0.0317.